The minimum atomic E-state index is 0.134. The Hall–Kier alpha value is -3.18. The Bertz CT molecular complexity index is 1070. The van der Waals surface area contributed by atoms with Gasteiger partial charge in [0.15, 0.2) is 5.65 Å². The molecule has 0 bridgehead atoms. The molecule has 28 heavy (non-hydrogen) atoms. The van der Waals surface area contributed by atoms with Crippen molar-refractivity contribution in [2.24, 2.45) is 0 Å². The number of aromatic nitrogens is 3. The van der Waals surface area contributed by atoms with Crippen LogP contribution in [0.15, 0.2) is 67.1 Å². The van der Waals surface area contributed by atoms with Crippen molar-refractivity contribution >= 4 is 16.9 Å². The van der Waals surface area contributed by atoms with Gasteiger partial charge in [-0.05, 0) is 31.5 Å². The number of methoxy groups -OCH3 is 1. The summed E-state index contributed by atoms with van der Waals surface area (Å²) in [6.07, 6.45) is 3.76. The molecule has 1 N–H and O–H groups in total. The second kappa shape index (κ2) is 7.82. The van der Waals surface area contributed by atoms with Crippen molar-refractivity contribution < 1.29 is 4.74 Å². The molecule has 4 rings (SSSR count). The fourth-order valence-corrected chi connectivity index (χ4v) is 3.44. The van der Waals surface area contributed by atoms with Gasteiger partial charge < -0.3 is 14.6 Å². The number of nitrogens with one attached hydrogen (secondary N) is 1. The first-order valence-corrected chi connectivity index (χ1v) is 9.41. The summed E-state index contributed by atoms with van der Waals surface area (Å²) >= 11 is 0. The highest BCUT2D eigenvalue weighted by Crippen LogP contribution is 2.35. The second-order valence-electron chi connectivity index (χ2n) is 7.04. The molecule has 0 aliphatic rings. The molecule has 5 heteroatoms. The summed E-state index contributed by atoms with van der Waals surface area (Å²) in [6, 6.07) is 19.0. The number of hydrogen-bond donors (Lipinski definition) is 1. The Balaban J connectivity index is 1.93. The Labute approximate surface area is 165 Å². The van der Waals surface area contributed by atoms with Gasteiger partial charge in [-0.15, -0.1) is 0 Å². The van der Waals surface area contributed by atoms with Crippen LogP contribution < -0.4 is 5.32 Å². The summed E-state index contributed by atoms with van der Waals surface area (Å²) in [4.78, 5) is 9.17. The second-order valence-corrected chi connectivity index (χ2v) is 7.04. The maximum atomic E-state index is 5.28. The van der Waals surface area contributed by atoms with Crippen molar-refractivity contribution in [3.63, 3.8) is 0 Å². The molecule has 0 unspecified atom stereocenters. The van der Waals surface area contributed by atoms with Crippen LogP contribution in [-0.2, 0) is 4.74 Å². The van der Waals surface area contributed by atoms with Crippen LogP contribution in [-0.4, -0.2) is 34.3 Å². The van der Waals surface area contributed by atoms with Crippen molar-refractivity contribution in [1.82, 2.24) is 14.5 Å². The molecule has 0 spiro atoms. The topological polar surface area (TPSA) is 52.0 Å². The van der Waals surface area contributed by atoms with Gasteiger partial charge in [-0.25, -0.2) is 9.97 Å². The summed E-state index contributed by atoms with van der Waals surface area (Å²) in [5.74, 6) is 0.819. The lowest BCUT2D eigenvalue weighted by Crippen LogP contribution is -2.21. The van der Waals surface area contributed by atoms with Crippen molar-refractivity contribution in [2.45, 2.75) is 19.9 Å². The smallest absolute Gasteiger partial charge is 0.150 e. The van der Waals surface area contributed by atoms with Crippen LogP contribution in [0.1, 0.15) is 12.5 Å². The number of rotatable bonds is 6. The van der Waals surface area contributed by atoms with Gasteiger partial charge in [0, 0.05) is 30.6 Å². The highest BCUT2D eigenvalue weighted by atomic mass is 16.5. The van der Waals surface area contributed by atoms with Crippen LogP contribution >= 0.6 is 0 Å². The SMILES string of the molecule is COC[C@@H](C)Nc1ncnc2c1c(-c1ccccc1)cn2-c1ccc(C)cc1. The van der Waals surface area contributed by atoms with E-state index in [2.05, 4.69) is 88.4 Å². The average Bonchev–Trinajstić information content (AvgIpc) is 3.10. The quantitative estimate of drug-likeness (QED) is 0.526. The largest absolute Gasteiger partial charge is 0.383 e. The Morgan fingerprint density at radius 3 is 2.50 bits per heavy atom. The van der Waals surface area contributed by atoms with Crippen LogP contribution in [0, 0.1) is 6.92 Å². The van der Waals surface area contributed by atoms with Gasteiger partial charge in [-0.2, -0.15) is 0 Å². The summed E-state index contributed by atoms with van der Waals surface area (Å²) in [5.41, 5.74) is 5.42. The molecule has 1 atom stereocenters. The van der Waals surface area contributed by atoms with E-state index in [1.165, 1.54) is 5.56 Å². The van der Waals surface area contributed by atoms with Gasteiger partial charge in [-0.3, -0.25) is 0 Å². The van der Waals surface area contributed by atoms with Gasteiger partial charge in [0.2, 0.25) is 0 Å². The molecule has 5 nitrogen and oxygen atoms in total. The first-order chi connectivity index (χ1) is 13.7. The lowest BCUT2D eigenvalue weighted by molar-refractivity contribution is 0.190. The van der Waals surface area contributed by atoms with Crippen LogP contribution in [0.4, 0.5) is 5.82 Å². The fourth-order valence-electron chi connectivity index (χ4n) is 3.44. The number of ether oxygens (including phenoxy) is 1. The summed E-state index contributed by atoms with van der Waals surface area (Å²) in [5, 5.41) is 4.49. The summed E-state index contributed by atoms with van der Waals surface area (Å²) in [7, 11) is 1.71. The molecule has 0 aliphatic carbocycles. The molecule has 142 valence electrons. The van der Waals surface area contributed by atoms with Crippen LogP contribution in [0.2, 0.25) is 0 Å². The number of aryl methyl sites for hydroxylation is 1. The van der Waals surface area contributed by atoms with Crippen molar-refractivity contribution in [3.05, 3.63) is 72.7 Å². The number of benzene rings is 2. The zero-order valence-electron chi connectivity index (χ0n) is 16.4. The molecule has 0 amide bonds. The van der Waals surface area contributed by atoms with E-state index >= 15 is 0 Å². The number of nitrogens with zero attached hydrogens (tertiary/aromatic N) is 3. The molecule has 4 aromatic rings. The van der Waals surface area contributed by atoms with E-state index < -0.39 is 0 Å². The molecule has 0 fully saturated rings. The third-order valence-electron chi connectivity index (χ3n) is 4.78. The molecule has 0 saturated heterocycles. The van der Waals surface area contributed by atoms with Crippen LogP contribution in [0.3, 0.4) is 0 Å². The van der Waals surface area contributed by atoms with E-state index in [0.717, 1.165) is 33.7 Å². The third-order valence-corrected chi connectivity index (χ3v) is 4.78. The maximum Gasteiger partial charge on any atom is 0.150 e. The number of fused-ring (bicyclic) bond motifs is 1. The molecule has 2 heterocycles. The Morgan fingerprint density at radius 2 is 1.79 bits per heavy atom. The zero-order valence-corrected chi connectivity index (χ0v) is 16.4. The van der Waals surface area contributed by atoms with Gasteiger partial charge in [0.25, 0.3) is 0 Å². The van der Waals surface area contributed by atoms with E-state index in [1.807, 2.05) is 6.07 Å². The highest BCUT2D eigenvalue weighted by Gasteiger charge is 2.18. The molecule has 2 aromatic carbocycles. The molecule has 0 aliphatic heterocycles. The minimum Gasteiger partial charge on any atom is -0.383 e. The molecule has 2 aromatic heterocycles. The van der Waals surface area contributed by atoms with E-state index in [0.29, 0.717) is 6.61 Å². The lowest BCUT2D eigenvalue weighted by atomic mass is 10.1. The number of anilines is 1. The van der Waals surface area contributed by atoms with Crippen molar-refractivity contribution in [1.29, 1.82) is 0 Å². The minimum absolute atomic E-state index is 0.134. The highest BCUT2D eigenvalue weighted by molar-refractivity contribution is 6.02. The average molecular weight is 372 g/mol. The predicted molar refractivity (Wildman–Crippen MR) is 114 cm³/mol. The number of hydrogen-bond acceptors (Lipinski definition) is 4. The Morgan fingerprint density at radius 1 is 1.04 bits per heavy atom. The van der Waals surface area contributed by atoms with Gasteiger partial charge >= 0.3 is 0 Å². The first kappa shape index (κ1) is 18.2. The first-order valence-electron chi connectivity index (χ1n) is 9.41. The van der Waals surface area contributed by atoms with E-state index in [-0.39, 0.29) is 6.04 Å². The van der Waals surface area contributed by atoms with Gasteiger partial charge in [0.1, 0.15) is 12.1 Å². The van der Waals surface area contributed by atoms with Crippen molar-refractivity contribution in [3.8, 4) is 16.8 Å². The van der Waals surface area contributed by atoms with Crippen LogP contribution in [0.5, 0.6) is 0 Å². The third kappa shape index (κ3) is 3.49. The summed E-state index contributed by atoms with van der Waals surface area (Å²) < 4.78 is 7.41. The zero-order chi connectivity index (χ0) is 19.5. The molecular formula is C23H24N4O. The normalized spacial score (nSPS) is 12.2. The molecular weight excluding hydrogens is 348 g/mol. The van der Waals surface area contributed by atoms with Crippen molar-refractivity contribution in [2.75, 3.05) is 19.0 Å². The van der Waals surface area contributed by atoms with Gasteiger partial charge in [-0.1, -0.05) is 48.0 Å². The lowest BCUT2D eigenvalue weighted by Gasteiger charge is -2.14. The summed E-state index contributed by atoms with van der Waals surface area (Å²) in [6.45, 7) is 4.77. The fraction of sp³-hybridized carbons (Fsp3) is 0.217. The maximum absolute atomic E-state index is 5.28. The predicted octanol–water partition coefficient (Wildman–Crippen LogP) is 4.84. The monoisotopic (exact) mass is 372 g/mol. The van der Waals surface area contributed by atoms with E-state index in [1.54, 1.807) is 13.4 Å². The van der Waals surface area contributed by atoms with E-state index in [4.69, 9.17) is 4.74 Å². The van der Waals surface area contributed by atoms with Crippen LogP contribution in [0.25, 0.3) is 27.8 Å². The van der Waals surface area contributed by atoms with Gasteiger partial charge in [0.05, 0.1) is 12.0 Å². The van der Waals surface area contributed by atoms with E-state index in [9.17, 15) is 0 Å². The Kier molecular flexibility index (Phi) is 5.08. The molecule has 0 radical (unpaired) electrons. The standard InChI is InChI=1S/C23H24N4O/c1-16-9-11-19(12-10-16)27-13-20(18-7-5-4-6-8-18)21-22(24-15-25-23(21)27)26-17(2)14-28-3/h4-13,15,17H,14H2,1-3H3,(H,24,25,26)/t17-/m1/s1. The molecule has 0 saturated carbocycles.